The molecule has 1 aliphatic rings. The molecule has 4 rings (SSSR count). The van der Waals surface area contributed by atoms with Gasteiger partial charge in [0.1, 0.15) is 12.4 Å². The third-order valence-electron chi connectivity index (χ3n) is 6.36. The van der Waals surface area contributed by atoms with Gasteiger partial charge in [0.25, 0.3) is 5.91 Å². The van der Waals surface area contributed by atoms with Gasteiger partial charge in [-0.3, -0.25) is 9.59 Å². The Bertz CT molecular complexity index is 1170. The van der Waals surface area contributed by atoms with Crippen molar-refractivity contribution < 1.29 is 19.8 Å². The van der Waals surface area contributed by atoms with E-state index in [1.54, 1.807) is 6.92 Å². The van der Waals surface area contributed by atoms with Gasteiger partial charge in [0, 0.05) is 25.2 Å². The van der Waals surface area contributed by atoms with Crippen LogP contribution in [0.1, 0.15) is 46.0 Å². The van der Waals surface area contributed by atoms with Crippen molar-refractivity contribution in [1.29, 1.82) is 0 Å². The van der Waals surface area contributed by atoms with E-state index in [4.69, 9.17) is 5.11 Å². The van der Waals surface area contributed by atoms with E-state index in [0.29, 0.717) is 23.9 Å². The molecule has 0 aliphatic carbocycles. The Morgan fingerprint density at radius 1 is 1.00 bits per heavy atom. The van der Waals surface area contributed by atoms with Crippen LogP contribution in [0.3, 0.4) is 0 Å². The summed E-state index contributed by atoms with van der Waals surface area (Å²) in [4.78, 5) is 34.0. The second kappa shape index (κ2) is 11.0. The van der Waals surface area contributed by atoms with Crippen LogP contribution >= 0.6 is 0 Å². The molecule has 2 heterocycles. The fourth-order valence-corrected chi connectivity index (χ4v) is 4.42. The minimum absolute atomic E-state index is 0.179. The SMILES string of the molecule is Cc1nc(CC2CCN(c3ccc(Cc4ccccc4)cc3)CC2)nc(C(=O)NCC(=O)O)c1O. The molecule has 0 saturated carbocycles. The molecule has 0 unspecified atom stereocenters. The first-order chi connectivity index (χ1) is 16.9. The minimum atomic E-state index is -1.17. The number of carbonyl (C=O) groups is 2. The number of aromatic nitrogens is 2. The summed E-state index contributed by atoms with van der Waals surface area (Å²) >= 11 is 0. The summed E-state index contributed by atoms with van der Waals surface area (Å²) in [6.07, 6.45) is 3.46. The Hall–Kier alpha value is -3.94. The summed E-state index contributed by atoms with van der Waals surface area (Å²) in [5.41, 5.74) is 3.94. The molecule has 8 nitrogen and oxygen atoms in total. The zero-order valence-electron chi connectivity index (χ0n) is 19.8. The second-order valence-corrected chi connectivity index (χ2v) is 8.96. The van der Waals surface area contributed by atoms with E-state index >= 15 is 0 Å². The lowest BCUT2D eigenvalue weighted by molar-refractivity contribution is -0.135. The molecule has 1 aliphatic heterocycles. The van der Waals surface area contributed by atoms with E-state index in [1.165, 1.54) is 16.8 Å². The number of nitrogens with one attached hydrogen (secondary N) is 1. The summed E-state index contributed by atoms with van der Waals surface area (Å²) < 4.78 is 0. The van der Waals surface area contributed by atoms with Gasteiger partial charge in [-0.2, -0.15) is 0 Å². The minimum Gasteiger partial charge on any atom is -0.504 e. The highest BCUT2D eigenvalue weighted by Crippen LogP contribution is 2.27. The van der Waals surface area contributed by atoms with E-state index < -0.39 is 18.4 Å². The Morgan fingerprint density at radius 3 is 2.31 bits per heavy atom. The van der Waals surface area contributed by atoms with E-state index in [0.717, 1.165) is 32.4 Å². The number of carboxylic acids is 1. The van der Waals surface area contributed by atoms with Gasteiger partial charge < -0.3 is 20.4 Å². The number of amides is 1. The molecule has 1 aromatic heterocycles. The smallest absolute Gasteiger partial charge is 0.322 e. The number of carbonyl (C=O) groups excluding carboxylic acids is 1. The normalized spacial score (nSPS) is 14.0. The number of carboxylic acid groups (broad SMARTS) is 1. The van der Waals surface area contributed by atoms with Crippen LogP contribution in [-0.4, -0.2) is 51.7 Å². The summed E-state index contributed by atoms with van der Waals surface area (Å²) in [5, 5.41) is 21.2. The van der Waals surface area contributed by atoms with Crippen molar-refractivity contribution in [2.75, 3.05) is 24.5 Å². The molecule has 0 radical (unpaired) electrons. The van der Waals surface area contributed by atoms with Crippen LogP contribution in [0.25, 0.3) is 0 Å². The van der Waals surface area contributed by atoms with Crippen LogP contribution in [0.5, 0.6) is 5.75 Å². The molecule has 0 atom stereocenters. The van der Waals surface area contributed by atoms with Crippen molar-refractivity contribution in [3.63, 3.8) is 0 Å². The van der Waals surface area contributed by atoms with Crippen molar-refractivity contribution in [2.24, 2.45) is 5.92 Å². The van der Waals surface area contributed by atoms with Gasteiger partial charge in [0.2, 0.25) is 0 Å². The largest absolute Gasteiger partial charge is 0.504 e. The van der Waals surface area contributed by atoms with Gasteiger partial charge in [-0.1, -0.05) is 42.5 Å². The molecule has 0 bridgehead atoms. The van der Waals surface area contributed by atoms with E-state index in [-0.39, 0.29) is 11.4 Å². The summed E-state index contributed by atoms with van der Waals surface area (Å²) in [6.45, 7) is 2.92. The van der Waals surface area contributed by atoms with Gasteiger partial charge in [0.05, 0.1) is 5.69 Å². The standard InChI is InChI=1S/C27H30N4O4/c1-18-26(34)25(27(35)28-17-24(32)33)30-23(29-18)16-21-11-13-31(14-12-21)22-9-7-20(8-10-22)15-19-5-3-2-4-6-19/h2-10,21,34H,11-17H2,1H3,(H,28,35)(H,32,33). The lowest BCUT2D eigenvalue weighted by Crippen LogP contribution is -2.34. The highest BCUT2D eigenvalue weighted by Gasteiger charge is 2.23. The van der Waals surface area contributed by atoms with Crippen LogP contribution in [0.4, 0.5) is 5.69 Å². The van der Waals surface area contributed by atoms with Crippen molar-refractivity contribution in [1.82, 2.24) is 15.3 Å². The molecule has 1 fully saturated rings. The summed E-state index contributed by atoms with van der Waals surface area (Å²) in [5.74, 6) is -1.35. The molecule has 35 heavy (non-hydrogen) atoms. The maximum atomic E-state index is 12.3. The number of aliphatic carboxylic acids is 1. The first-order valence-electron chi connectivity index (χ1n) is 11.8. The maximum absolute atomic E-state index is 12.3. The fourth-order valence-electron chi connectivity index (χ4n) is 4.42. The molecule has 2 aromatic carbocycles. The van der Waals surface area contributed by atoms with Gasteiger partial charge >= 0.3 is 5.97 Å². The topological polar surface area (TPSA) is 116 Å². The third kappa shape index (κ3) is 6.35. The molecule has 3 aromatic rings. The average Bonchev–Trinajstić information content (AvgIpc) is 2.86. The number of hydrogen-bond donors (Lipinski definition) is 3. The Kier molecular flexibility index (Phi) is 7.60. The van der Waals surface area contributed by atoms with Crippen molar-refractivity contribution in [2.45, 2.75) is 32.6 Å². The zero-order valence-corrected chi connectivity index (χ0v) is 19.8. The van der Waals surface area contributed by atoms with Crippen molar-refractivity contribution >= 4 is 17.6 Å². The predicted octanol–water partition coefficient (Wildman–Crippen LogP) is 3.35. The van der Waals surface area contributed by atoms with Gasteiger partial charge in [-0.15, -0.1) is 0 Å². The summed E-state index contributed by atoms with van der Waals surface area (Å²) in [6, 6.07) is 19.2. The Balaban J connectivity index is 1.33. The molecule has 0 spiro atoms. The molecule has 3 N–H and O–H groups in total. The number of hydrogen-bond acceptors (Lipinski definition) is 6. The van der Waals surface area contributed by atoms with Gasteiger partial charge in [-0.05, 0) is 55.4 Å². The lowest BCUT2D eigenvalue weighted by Gasteiger charge is -2.33. The predicted molar refractivity (Wildman–Crippen MR) is 133 cm³/mol. The van der Waals surface area contributed by atoms with Crippen LogP contribution < -0.4 is 10.2 Å². The first kappa shape index (κ1) is 24.2. The van der Waals surface area contributed by atoms with Crippen LogP contribution in [0, 0.1) is 12.8 Å². The molecule has 182 valence electrons. The average molecular weight is 475 g/mol. The maximum Gasteiger partial charge on any atom is 0.322 e. The number of nitrogens with zero attached hydrogens (tertiary/aromatic N) is 3. The van der Waals surface area contributed by atoms with Gasteiger partial charge in [0.15, 0.2) is 11.4 Å². The quantitative estimate of drug-likeness (QED) is 0.458. The van der Waals surface area contributed by atoms with Crippen LogP contribution in [0.15, 0.2) is 54.6 Å². The molecule has 8 heteroatoms. The van der Waals surface area contributed by atoms with E-state index in [9.17, 15) is 14.7 Å². The van der Waals surface area contributed by atoms with E-state index in [1.807, 2.05) is 6.07 Å². The number of piperidine rings is 1. The number of aromatic hydroxyl groups is 1. The lowest BCUT2D eigenvalue weighted by atomic mass is 9.92. The first-order valence-corrected chi connectivity index (χ1v) is 11.8. The number of aryl methyl sites for hydroxylation is 1. The highest BCUT2D eigenvalue weighted by atomic mass is 16.4. The zero-order chi connectivity index (χ0) is 24.8. The Labute approximate surface area is 204 Å². The van der Waals surface area contributed by atoms with Crippen molar-refractivity contribution in [3.8, 4) is 5.75 Å². The van der Waals surface area contributed by atoms with E-state index in [2.05, 4.69) is 68.7 Å². The molecule has 1 saturated heterocycles. The molecular formula is C27H30N4O4. The Morgan fingerprint density at radius 2 is 1.66 bits per heavy atom. The van der Waals surface area contributed by atoms with Crippen molar-refractivity contribution in [3.05, 3.63) is 82.9 Å². The summed E-state index contributed by atoms with van der Waals surface area (Å²) in [7, 11) is 0. The molecular weight excluding hydrogens is 444 g/mol. The third-order valence-corrected chi connectivity index (χ3v) is 6.36. The number of rotatable bonds is 8. The molecule has 1 amide bonds. The highest BCUT2D eigenvalue weighted by molar-refractivity contribution is 5.96. The van der Waals surface area contributed by atoms with Crippen LogP contribution in [0.2, 0.25) is 0 Å². The number of anilines is 1. The van der Waals surface area contributed by atoms with Crippen LogP contribution in [-0.2, 0) is 17.6 Å². The second-order valence-electron chi connectivity index (χ2n) is 8.96. The monoisotopic (exact) mass is 474 g/mol. The fraction of sp³-hybridized carbons (Fsp3) is 0.333. The number of benzene rings is 2. The van der Waals surface area contributed by atoms with Gasteiger partial charge in [-0.25, -0.2) is 9.97 Å².